The van der Waals surface area contributed by atoms with Crippen LogP contribution in [0.15, 0.2) is 4.79 Å². The summed E-state index contributed by atoms with van der Waals surface area (Å²) in [5.41, 5.74) is 7.02. The summed E-state index contributed by atoms with van der Waals surface area (Å²) in [5, 5.41) is 0.788. The highest BCUT2D eigenvalue weighted by atomic mass is 32.2. The monoisotopic (exact) mass is 378 g/mol. The van der Waals surface area contributed by atoms with Gasteiger partial charge >= 0.3 is 0 Å². The number of aromatic nitrogens is 2. The van der Waals surface area contributed by atoms with Gasteiger partial charge < -0.3 is 15.6 Å². The Hall–Kier alpha value is -1.38. The van der Waals surface area contributed by atoms with E-state index in [-0.39, 0.29) is 17.5 Å². The molecule has 2 aromatic heterocycles. The topological polar surface area (TPSA) is 92.1 Å². The Balaban J connectivity index is 1.43. The zero-order valence-corrected chi connectivity index (χ0v) is 15.7. The van der Waals surface area contributed by atoms with Crippen LogP contribution in [0.25, 0.3) is 10.2 Å². The van der Waals surface area contributed by atoms with E-state index in [1.54, 1.807) is 11.3 Å². The smallest absolute Gasteiger partial charge is 0.259 e. The zero-order valence-electron chi connectivity index (χ0n) is 14.0. The van der Waals surface area contributed by atoms with Crippen molar-refractivity contribution in [2.45, 2.75) is 43.9 Å². The molecule has 1 fully saturated rings. The van der Waals surface area contributed by atoms with E-state index in [1.165, 1.54) is 28.6 Å². The molecule has 3 heterocycles. The number of nitrogens with one attached hydrogen (secondary N) is 1. The standard InChI is InChI=1S/C17H22N4O2S2/c18-10-5-6-21(7-10)14(22)9-24-8-13-19-16(23)15-11-3-1-2-4-12(11)25-17(15)20-13/h10H,1-9,18H2,(H,19,20,23)/t10-/m1/s1. The van der Waals surface area contributed by atoms with Crippen LogP contribution in [0.3, 0.4) is 0 Å². The molecule has 0 saturated carbocycles. The summed E-state index contributed by atoms with van der Waals surface area (Å²) >= 11 is 3.15. The molecular formula is C17H22N4O2S2. The summed E-state index contributed by atoms with van der Waals surface area (Å²) in [4.78, 5) is 36.2. The van der Waals surface area contributed by atoms with E-state index in [9.17, 15) is 9.59 Å². The number of carbonyl (C=O) groups is 1. The Morgan fingerprint density at radius 1 is 1.40 bits per heavy atom. The first kappa shape index (κ1) is 17.1. The van der Waals surface area contributed by atoms with E-state index >= 15 is 0 Å². The highest BCUT2D eigenvalue weighted by Gasteiger charge is 2.23. The third-order valence-electron chi connectivity index (χ3n) is 4.92. The van der Waals surface area contributed by atoms with Crippen LogP contribution < -0.4 is 11.3 Å². The van der Waals surface area contributed by atoms with Gasteiger partial charge in [-0.25, -0.2) is 4.98 Å². The van der Waals surface area contributed by atoms with Crippen LogP contribution in [0.5, 0.6) is 0 Å². The quantitative estimate of drug-likeness (QED) is 0.844. The largest absolute Gasteiger partial charge is 0.340 e. The molecular weight excluding hydrogens is 356 g/mol. The van der Waals surface area contributed by atoms with Gasteiger partial charge in [0.05, 0.1) is 16.9 Å². The number of rotatable bonds is 4. The van der Waals surface area contributed by atoms with Crippen molar-refractivity contribution in [3.8, 4) is 0 Å². The lowest BCUT2D eigenvalue weighted by molar-refractivity contribution is -0.127. The normalized spacial score (nSPS) is 20.2. The fraction of sp³-hybridized carbons (Fsp3) is 0.588. The van der Waals surface area contributed by atoms with Gasteiger partial charge in [0.2, 0.25) is 5.91 Å². The van der Waals surface area contributed by atoms with Gasteiger partial charge in [0.25, 0.3) is 5.56 Å². The molecule has 134 valence electrons. The lowest BCUT2D eigenvalue weighted by atomic mass is 9.97. The lowest BCUT2D eigenvalue weighted by Crippen LogP contribution is -2.33. The number of likely N-dealkylation sites (tertiary alicyclic amines) is 1. The number of aromatic amines is 1. The number of H-pyrrole nitrogens is 1. The van der Waals surface area contributed by atoms with E-state index in [1.807, 2.05) is 4.90 Å². The van der Waals surface area contributed by atoms with Gasteiger partial charge in [0, 0.05) is 24.0 Å². The molecule has 0 radical (unpaired) electrons. The summed E-state index contributed by atoms with van der Waals surface area (Å²) in [5.74, 6) is 1.72. The number of thioether (sulfide) groups is 1. The summed E-state index contributed by atoms with van der Waals surface area (Å²) in [7, 11) is 0. The maximum Gasteiger partial charge on any atom is 0.259 e. The van der Waals surface area contributed by atoms with Crippen molar-refractivity contribution in [1.29, 1.82) is 0 Å². The van der Waals surface area contributed by atoms with Crippen molar-refractivity contribution >= 4 is 39.2 Å². The number of hydrogen-bond donors (Lipinski definition) is 2. The molecule has 1 saturated heterocycles. The Labute approximate surface area is 154 Å². The highest BCUT2D eigenvalue weighted by Crippen LogP contribution is 2.33. The first-order chi connectivity index (χ1) is 12.1. The highest BCUT2D eigenvalue weighted by molar-refractivity contribution is 7.99. The van der Waals surface area contributed by atoms with Gasteiger partial charge in [-0.2, -0.15) is 0 Å². The number of thiophene rings is 1. The second-order valence-electron chi connectivity index (χ2n) is 6.78. The third kappa shape index (κ3) is 3.47. The minimum absolute atomic E-state index is 0.0307. The minimum Gasteiger partial charge on any atom is -0.340 e. The zero-order chi connectivity index (χ0) is 17.4. The van der Waals surface area contributed by atoms with Gasteiger partial charge in [0.1, 0.15) is 10.7 Å². The fourth-order valence-corrected chi connectivity index (χ4v) is 5.69. The average molecular weight is 379 g/mol. The number of nitrogens with two attached hydrogens (primary N) is 1. The summed E-state index contributed by atoms with van der Waals surface area (Å²) in [6.07, 6.45) is 5.28. The predicted molar refractivity (Wildman–Crippen MR) is 102 cm³/mol. The van der Waals surface area contributed by atoms with Crippen LogP contribution in [0.4, 0.5) is 0 Å². The number of hydrogen-bond acceptors (Lipinski definition) is 6. The van der Waals surface area contributed by atoms with Crippen molar-refractivity contribution in [2.24, 2.45) is 5.73 Å². The molecule has 1 atom stereocenters. The second-order valence-corrected chi connectivity index (χ2v) is 8.85. The number of fused-ring (bicyclic) bond motifs is 3. The molecule has 1 aliphatic carbocycles. The van der Waals surface area contributed by atoms with Gasteiger partial charge in [-0.1, -0.05) is 0 Å². The lowest BCUT2D eigenvalue weighted by Gasteiger charge is -2.15. The Morgan fingerprint density at radius 3 is 3.04 bits per heavy atom. The minimum atomic E-state index is -0.0307. The Kier molecular flexibility index (Phi) is 4.84. The molecule has 0 bridgehead atoms. The summed E-state index contributed by atoms with van der Waals surface area (Å²) < 4.78 is 0. The number of amides is 1. The molecule has 1 amide bonds. The van der Waals surface area contributed by atoms with E-state index in [4.69, 9.17) is 5.73 Å². The van der Waals surface area contributed by atoms with Gasteiger partial charge in [-0.3, -0.25) is 9.59 Å². The van der Waals surface area contributed by atoms with Gasteiger partial charge in [-0.05, 0) is 37.7 Å². The first-order valence-electron chi connectivity index (χ1n) is 8.76. The van der Waals surface area contributed by atoms with Crippen molar-refractivity contribution in [3.05, 3.63) is 26.6 Å². The first-order valence-corrected chi connectivity index (χ1v) is 10.7. The van der Waals surface area contributed by atoms with Crippen molar-refractivity contribution < 1.29 is 4.79 Å². The molecule has 2 aliphatic rings. The SMILES string of the molecule is N[C@@H]1CCN(C(=O)CSCc2nc3sc4c(c3c(=O)[nH]2)CCCC4)C1. The van der Waals surface area contributed by atoms with Crippen LogP contribution in [0, 0.1) is 0 Å². The molecule has 0 aromatic carbocycles. The molecule has 25 heavy (non-hydrogen) atoms. The van der Waals surface area contributed by atoms with Crippen LogP contribution in [0.2, 0.25) is 0 Å². The van der Waals surface area contributed by atoms with Crippen molar-refractivity contribution in [3.63, 3.8) is 0 Å². The van der Waals surface area contributed by atoms with E-state index in [0.717, 1.165) is 42.4 Å². The maximum absolute atomic E-state index is 12.5. The molecule has 1 aliphatic heterocycles. The molecule has 2 aromatic rings. The Bertz CT molecular complexity index is 860. The molecule has 3 N–H and O–H groups in total. The Morgan fingerprint density at radius 2 is 2.24 bits per heavy atom. The molecule has 0 spiro atoms. The molecule has 8 heteroatoms. The van der Waals surface area contributed by atoms with Crippen LogP contribution in [-0.2, 0) is 23.4 Å². The number of aryl methyl sites for hydroxylation is 2. The van der Waals surface area contributed by atoms with Crippen molar-refractivity contribution in [1.82, 2.24) is 14.9 Å². The van der Waals surface area contributed by atoms with Crippen molar-refractivity contribution in [2.75, 3.05) is 18.8 Å². The summed E-state index contributed by atoms with van der Waals surface area (Å²) in [6.45, 7) is 1.41. The molecule has 0 unspecified atom stereocenters. The van der Waals surface area contributed by atoms with Gasteiger partial charge in [-0.15, -0.1) is 23.1 Å². The maximum atomic E-state index is 12.5. The summed E-state index contributed by atoms with van der Waals surface area (Å²) in [6, 6.07) is 0.110. The second kappa shape index (κ2) is 7.09. The fourth-order valence-electron chi connectivity index (χ4n) is 3.62. The predicted octanol–water partition coefficient (Wildman–Crippen LogP) is 1.66. The molecule has 4 rings (SSSR count). The van der Waals surface area contributed by atoms with E-state index in [0.29, 0.717) is 23.9 Å². The van der Waals surface area contributed by atoms with Crippen LogP contribution in [-0.4, -0.2) is 45.7 Å². The van der Waals surface area contributed by atoms with Gasteiger partial charge in [0.15, 0.2) is 0 Å². The van der Waals surface area contributed by atoms with E-state index < -0.39 is 0 Å². The van der Waals surface area contributed by atoms with E-state index in [2.05, 4.69) is 9.97 Å². The number of carbonyl (C=O) groups excluding carboxylic acids is 1. The third-order valence-corrected chi connectivity index (χ3v) is 7.03. The van der Waals surface area contributed by atoms with Crippen LogP contribution >= 0.6 is 23.1 Å². The number of nitrogens with zero attached hydrogens (tertiary/aromatic N) is 2. The van der Waals surface area contributed by atoms with Crippen LogP contribution in [0.1, 0.15) is 35.5 Å². The average Bonchev–Trinajstić information content (AvgIpc) is 3.18. The molecule has 6 nitrogen and oxygen atoms in total.